The Kier molecular flexibility index (Phi) is 6.70. The van der Waals surface area contributed by atoms with Gasteiger partial charge in [-0.15, -0.1) is 0 Å². The third-order valence-corrected chi connectivity index (χ3v) is 5.36. The molecule has 1 fully saturated rings. The number of nitrogens with one attached hydrogen (secondary N) is 1. The number of carbonyl (C=O) groups excluding carboxylic acids is 1. The minimum atomic E-state index is -4.28. The van der Waals surface area contributed by atoms with Gasteiger partial charge in [-0.05, 0) is 43.1 Å². The van der Waals surface area contributed by atoms with Crippen molar-refractivity contribution in [3.63, 3.8) is 0 Å². The van der Waals surface area contributed by atoms with E-state index in [1.807, 2.05) is 0 Å². The van der Waals surface area contributed by atoms with Crippen LogP contribution >= 0.6 is 11.6 Å². The van der Waals surface area contributed by atoms with Gasteiger partial charge in [-0.1, -0.05) is 41.9 Å². The van der Waals surface area contributed by atoms with Crippen LogP contribution in [-0.2, 0) is 4.79 Å². The number of piperidine rings is 1. The Bertz CT molecular complexity index is 846. The molecule has 3 rings (SSSR count). The summed E-state index contributed by atoms with van der Waals surface area (Å²) in [6.07, 6.45) is -3.81. The maximum absolute atomic E-state index is 13.3. The molecule has 0 aliphatic carbocycles. The molecule has 2 atom stereocenters. The fraction of sp³-hybridized carbons (Fsp3) is 0.381. The van der Waals surface area contributed by atoms with Crippen LogP contribution in [0.3, 0.4) is 0 Å². The molecular weight excluding hydrogens is 405 g/mol. The first-order chi connectivity index (χ1) is 13.8. The Balaban J connectivity index is 1.86. The number of amides is 1. The Morgan fingerprint density at radius 3 is 2.59 bits per heavy atom. The summed E-state index contributed by atoms with van der Waals surface area (Å²) in [6, 6.07) is 12.8. The van der Waals surface area contributed by atoms with Crippen molar-refractivity contribution >= 4 is 23.2 Å². The molecule has 1 N–H and O–H groups in total. The molecule has 1 aliphatic heterocycles. The van der Waals surface area contributed by atoms with E-state index in [0.717, 1.165) is 0 Å². The van der Waals surface area contributed by atoms with Crippen LogP contribution in [-0.4, -0.2) is 37.2 Å². The highest BCUT2D eigenvalue weighted by atomic mass is 35.5. The maximum Gasteiger partial charge on any atom is 0.393 e. The molecule has 8 heteroatoms. The summed E-state index contributed by atoms with van der Waals surface area (Å²) in [7, 11) is 1.48. The predicted molar refractivity (Wildman–Crippen MR) is 106 cm³/mol. The normalized spacial score (nSPS) is 18.9. The Morgan fingerprint density at radius 1 is 1.24 bits per heavy atom. The van der Waals surface area contributed by atoms with E-state index >= 15 is 0 Å². The molecule has 0 unspecified atom stereocenters. The van der Waals surface area contributed by atoms with Crippen LogP contribution in [0.2, 0.25) is 5.02 Å². The zero-order valence-electron chi connectivity index (χ0n) is 15.9. The highest BCUT2D eigenvalue weighted by Crippen LogP contribution is 2.36. The lowest BCUT2D eigenvalue weighted by Crippen LogP contribution is -2.46. The van der Waals surface area contributed by atoms with E-state index in [0.29, 0.717) is 35.0 Å². The summed E-state index contributed by atoms with van der Waals surface area (Å²) in [5.74, 6) is -1.38. The van der Waals surface area contributed by atoms with Crippen LogP contribution in [0.25, 0.3) is 0 Å². The third-order valence-electron chi connectivity index (χ3n) is 5.06. The van der Waals surface area contributed by atoms with Gasteiger partial charge in [0.05, 0.1) is 18.1 Å². The first-order valence-electron chi connectivity index (χ1n) is 9.29. The second kappa shape index (κ2) is 9.05. The van der Waals surface area contributed by atoms with E-state index in [1.54, 1.807) is 53.4 Å². The van der Waals surface area contributed by atoms with Crippen LogP contribution in [0.15, 0.2) is 48.5 Å². The van der Waals surface area contributed by atoms with Gasteiger partial charge in [-0.2, -0.15) is 13.2 Å². The molecule has 0 spiro atoms. The second-order valence-corrected chi connectivity index (χ2v) is 7.43. The minimum absolute atomic E-state index is 0.0806. The van der Waals surface area contributed by atoms with Gasteiger partial charge >= 0.3 is 6.18 Å². The van der Waals surface area contributed by atoms with E-state index in [4.69, 9.17) is 16.3 Å². The molecule has 0 saturated carbocycles. The fourth-order valence-corrected chi connectivity index (χ4v) is 3.88. The van der Waals surface area contributed by atoms with Crippen LogP contribution in [0.5, 0.6) is 5.75 Å². The Labute approximate surface area is 172 Å². The zero-order chi connectivity index (χ0) is 21.0. The number of benzene rings is 2. The van der Waals surface area contributed by atoms with Crippen molar-refractivity contribution in [1.82, 2.24) is 4.90 Å². The first-order valence-corrected chi connectivity index (χ1v) is 9.67. The highest BCUT2D eigenvalue weighted by Gasteiger charge is 2.44. The van der Waals surface area contributed by atoms with Gasteiger partial charge in [0.25, 0.3) is 0 Å². The zero-order valence-corrected chi connectivity index (χ0v) is 16.6. The van der Waals surface area contributed by atoms with E-state index in [-0.39, 0.29) is 13.0 Å². The summed E-state index contributed by atoms with van der Waals surface area (Å²) in [4.78, 5) is 14.7. The largest absolute Gasteiger partial charge is 0.495 e. The van der Waals surface area contributed by atoms with Crippen LogP contribution in [0.1, 0.15) is 24.4 Å². The van der Waals surface area contributed by atoms with Gasteiger partial charge in [0.15, 0.2) is 0 Å². The number of methoxy groups -OCH3 is 1. The summed E-state index contributed by atoms with van der Waals surface area (Å²) >= 11 is 6.12. The van der Waals surface area contributed by atoms with E-state index in [2.05, 4.69) is 5.32 Å². The number of ether oxygens (including phenoxy) is 1. The Hall–Kier alpha value is -2.25. The molecule has 0 bridgehead atoms. The lowest BCUT2D eigenvalue weighted by molar-refractivity contribution is -0.189. The van der Waals surface area contributed by atoms with Crippen molar-refractivity contribution in [2.75, 3.05) is 25.5 Å². The minimum Gasteiger partial charge on any atom is -0.495 e. The molecule has 1 saturated heterocycles. The van der Waals surface area contributed by atoms with Crippen molar-refractivity contribution in [1.29, 1.82) is 0 Å². The summed E-state index contributed by atoms with van der Waals surface area (Å²) in [5, 5.41) is 3.11. The number of alkyl halides is 3. The first kappa shape index (κ1) is 21.5. The van der Waals surface area contributed by atoms with Crippen molar-refractivity contribution < 1.29 is 22.7 Å². The van der Waals surface area contributed by atoms with Crippen LogP contribution in [0, 0.1) is 5.92 Å². The molecule has 0 radical (unpaired) electrons. The van der Waals surface area contributed by atoms with Gasteiger partial charge in [0.1, 0.15) is 11.8 Å². The number of anilines is 1. The van der Waals surface area contributed by atoms with Crippen molar-refractivity contribution in [3.8, 4) is 5.75 Å². The molecule has 2 aromatic carbocycles. The SMILES string of the molecule is COc1ccc(NC(=O)[C@@H](c2ccccc2)N2CCC[C@H](C(F)(F)F)C2)cc1Cl. The Morgan fingerprint density at radius 2 is 1.97 bits per heavy atom. The number of hydrogen-bond acceptors (Lipinski definition) is 3. The van der Waals surface area contributed by atoms with Gasteiger partial charge < -0.3 is 10.1 Å². The van der Waals surface area contributed by atoms with Crippen LogP contribution in [0.4, 0.5) is 18.9 Å². The number of carbonyl (C=O) groups is 1. The van der Waals surface area contributed by atoms with E-state index < -0.39 is 24.0 Å². The quantitative estimate of drug-likeness (QED) is 0.705. The van der Waals surface area contributed by atoms with Crippen molar-refractivity contribution in [2.24, 2.45) is 5.92 Å². The smallest absolute Gasteiger partial charge is 0.393 e. The number of likely N-dealkylation sites (tertiary alicyclic amines) is 1. The van der Waals surface area contributed by atoms with Crippen LogP contribution < -0.4 is 10.1 Å². The lowest BCUT2D eigenvalue weighted by Gasteiger charge is -2.38. The van der Waals surface area contributed by atoms with E-state index in [1.165, 1.54) is 7.11 Å². The molecule has 29 heavy (non-hydrogen) atoms. The third kappa shape index (κ3) is 5.22. The summed E-state index contributed by atoms with van der Waals surface area (Å²) in [5.41, 5.74) is 1.10. The second-order valence-electron chi connectivity index (χ2n) is 7.03. The average molecular weight is 427 g/mol. The molecule has 2 aromatic rings. The standard InChI is InChI=1S/C21H22ClF3N2O2/c1-29-18-10-9-16(12-17(18)22)26-20(28)19(14-6-3-2-4-7-14)27-11-5-8-15(13-27)21(23,24)25/h2-4,6-7,9-10,12,15,19H,5,8,11,13H2,1H3,(H,26,28)/t15-,19+/m0/s1. The number of nitrogens with zero attached hydrogens (tertiary/aromatic N) is 1. The summed E-state index contributed by atoms with van der Waals surface area (Å²) < 4.78 is 45.0. The molecule has 1 aliphatic rings. The van der Waals surface area contributed by atoms with Gasteiger partial charge in [-0.3, -0.25) is 9.69 Å². The molecule has 0 aromatic heterocycles. The lowest BCUT2D eigenvalue weighted by atomic mass is 9.94. The molecular formula is C21H22ClF3N2O2. The van der Waals surface area contributed by atoms with Gasteiger partial charge in [0, 0.05) is 12.2 Å². The van der Waals surface area contributed by atoms with E-state index in [9.17, 15) is 18.0 Å². The summed E-state index contributed by atoms with van der Waals surface area (Å²) in [6.45, 7) is 0.211. The monoisotopic (exact) mass is 426 g/mol. The van der Waals surface area contributed by atoms with Gasteiger partial charge in [0.2, 0.25) is 5.91 Å². The van der Waals surface area contributed by atoms with Gasteiger partial charge in [-0.25, -0.2) is 0 Å². The number of hydrogen-bond donors (Lipinski definition) is 1. The molecule has 156 valence electrons. The van der Waals surface area contributed by atoms with Crippen molar-refractivity contribution in [3.05, 3.63) is 59.1 Å². The topological polar surface area (TPSA) is 41.6 Å². The molecule has 1 amide bonds. The highest BCUT2D eigenvalue weighted by molar-refractivity contribution is 6.32. The molecule has 1 heterocycles. The number of halogens is 4. The predicted octanol–water partition coefficient (Wildman–Crippen LogP) is 5.30. The average Bonchev–Trinajstić information content (AvgIpc) is 2.69. The molecule has 4 nitrogen and oxygen atoms in total. The van der Waals surface area contributed by atoms with Crippen molar-refractivity contribution in [2.45, 2.75) is 25.1 Å². The maximum atomic E-state index is 13.3. The number of rotatable bonds is 5. The fourth-order valence-electron chi connectivity index (χ4n) is 3.63.